The zero-order valence-electron chi connectivity index (χ0n) is 7.57. The van der Waals surface area contributed by atoms with E-state index in [2.05, 4.69) is 10.3 Å². The Morgan fingerprint density at radius 2 is 2.21 bits per heavy atom. The minimum atomic E-state index is -0.155. The van der Waals surface area contributed by atoms with Gasteiger partial charge in [0.25, 0.3) is 0 Å². The van der Waals surface area contributed by atoms with Gasteiger partial charge >= 0.3 is 0 Å². The number of carbonyl (C=O) groups excluding carboxylic acids is 1. The first-order chi connectivity index (χ1) is 6.09. The summed E-state index contributed by atoms with van der Waals surface area (Å²) in [5, 5.41) is 9.63. The number of nitrogens with zero attached hydrogens (tertiary/aromatic N) is 1. The molecule has 0 atom stereocenters. The van der Waals surface area contributed by atoms with Gasteiger partial charge in [-0.3, -0.25) is 15.2 Å². The fourth-order valence-corrected chi connectivity index (χ4v) is 0.830. The Morgan fingerprint density at radius 1 is 1.57 bits per heavy atom. The van der Waals surface area contributed by atoms with Crippen LogP contribution in [-0.4, -0.2) is 16.7 Å². The summed E-state index contributed by atoms with van der Waals surface area (Å²) in [6, 6.07) is 3.22. The number of carbonyl (C=O) groups is 1. The van der Waals surface area contributed by atoms with Crippen LogP contribution in [0, 0.1) is 5.41 Å². The van der Waals surface area contributed by atoms with Gasteiger partial charge in [0.15, 0.2) is 0 Å². The van der Waals surface area contributed by atoms with Crippen molar-refractivity contribution in [2.24, 2.45) is 5.73 Å². The molecule has 1 rings (SSSR count). The van der Waals surface area contributed by atoms with Crippen molar-refractivity contribution in [2.75, 3.05) is 5.32 Å². The summed E-state index contributed by atoms with van der Waals surface area (Å²) >= 11 is 0. The standard InChI is InChI=1S/C8H10N4O.ClH/c1-5(13)12-6-2-3-7(8(9)10)11-4-6;/h2-4H,1H3,(H3,9,10)(H,12,13);1H. The van der Waals surface area contributed by atoms with Gasteiger partial charge in [-0.1, -0.05) is 0 Å². The van der Waals surface area contributed by atoms with Crippen molar-refractivity contribution in [2.45, 2.75) is 6.92 Å². The third-order valence-corrected chi connectivity index (χ3v) is 1.36. The van der Waals surface area contributed by atoms with E-state index in [-0.39, 0.29) is 24.1 Å². The predicted octanol–water partition coefficient (Wildman–Crippen LogP) is 0.746. The number of amidine groups is 1. The molecule has 0 saturated heterocycles. The van der Waals surface area contributed by atoms with E-state index in [0.29, 0.717) is 11.4 Å². The average molecular weight is 215 g/mol. The van der Waals surface area contributed by atoms with E-state index in [4.69, 9.17) is 11.1 Å². The molecule has 0 saturated carbocycles. The van der Waals surface area contributed by atoms with Crippen LogP contribution < -0.4 is 11.1 Å². The minimum absolute atomic E-state index is 0. The zero-order chi connectivity index (χ0) is 9.84. The number of anilines is 1. The summed E-state index contributed by atoms with van der Waals surface area (Å²) in [7, 11) is 0. The van der Waals surface area contributed by atoms with E-state index in [9.17, 15) is 4.79 Å². The number of hydrogen-bond acceptors (Lipinski definition) is 3. The predicted molar refractivity (Wildman–Crippen MR) is 56.8 cm³/mol. The Balaban J connectivity index is 0.00000169. The van der Waals surface area contributed by atoms with Gasteiger partial charge in [-0.25, -0.2) is 0 Å². The molecule has 0 unspecified atom stereocenters. The highest BCUT2D eigenvalue weighted by Crippen LogP contribution is 2.04. The summed E-state index contributed by atoms with van der Waals surface area (Å²) in [6.45, 7) is 1.42. The molecule has 5 nitrogen and oxygen atoms in total. The zero-order valence-corrected chi connectivity index (χ0v) is 8.39. The Kier molecular flexibility index (Phi) is 4.58. The molecule has 6 heteroatoms. The van der Waals surface area contributed by atoms with Gasteiger partial charge < -0.3 is 11.1 Å². The molecule has 0 fully saturated rings. The van der Waals surface area contributed by atoms with Crippen LogP contribution in [-0.2, 0) is 4.79 Å². The van der Waals surface area contributed by atoms with Gasteiger partial charge in [0.2, 0.25) is 5.91 Å². The molecule has 0 aliphatic heterocycles. The molecular weight excluding hydrogens is 204 g/mol. The van der Waals surface area contributed by atoms with Crippen LogP contribution in [0.5, 0.6) is 0 Å². The molecule has 0 radical (unpaired) electrons. The number of pyridine rings is 1. The van der Waals surface area contributed by atoms with Crippen LogP contribution in [0.25, 0.3) is 0 Å². The average Bonchev–Trinajstić information content (AvgIpc) is 2.04. The number of nitrogens with one attached hydrogen (secondary N) is 2. The molecule has 0 aliphatic carbocycles. The van der Waals surface area contributed by atoms with Gasteiger partial charge in [-0.15, -0.1) is 12.4 Å². The molecule has 1 aromatic heterocycles. The smallest absolute Gasteiger partial charge is 0.221 e. The Labute approximate surface area is 87.6 Å². The molecule has 76 valence electrons. The minimum Gasteiger partial charge on any atom is -0.382 e. The lowest BCUT2D eigenvalue weighted by atomic mass is 10.3. The van der Waals surface area contributed by atoms with Crippen molar-refractivity contribution in [3.05, 3.63) is 24.0 Å². The lowest BCUT2D eigenvalue weighted by Gasteiger charge is -2.01. The molecule has 1 heterocycles. The number of amides is 1. The fraction of sp³-hybridized carbons (Fsp3) is 0.125. The van der Waals surface area contributed by atoms with E-state index in [1.165, 1.54) is 13.1 Å². The number of hydrogen-bond donors (Lipinski definition) is 3. The van der Waals surface area contributed by atoms with E-state index >= 15 is 0 Å². The number of aromatic nitrogens is 1. The van der Waals surface area contributed by atoms with Crippen molar-refractivity contribution < 1.29 is 4.79 Å². The summed E-state index contributed by atoms with van der Waals surface area (Å²) in [5.74, 6) is -0.244. The molecular formula is C8H11ClN4O. The maximum absolute atomic E-state index is 10.6. The quantitative estimate of drug-likeness (QED) is 0.501. The number of rotatable bonds is 2. The second-order valence-corrected chi connectivity index (χ2v) is 2.53. The molecule has 0 spiro atoms. The monoisotopic (exact) mass is 214 g/mol. The molecule has 0 aliphatic rings. The van der Waals surface area contributed by atoms with Crippen molar-refractivity contribution in [3.8, 4) is 0 Å². The second-order valence-electron chi connectivity index (χ2n) is 2.53. The SMILES string of the molecule is CC(=O)Nc1ccc(C(=N)N)nc1.Cl. The van der Waals surface area contributed by atoms with E-state index in [1.54, 1.807) is 12.1 Å². The first-order valence-corrected chi connectivity index (χ1v) is 3.67. The Bertz CT molecular complexity index is 336. The van der Waals surface area contributed by atoms with Crippen molar-refractivity contribution in [1.29, 1.82) is 5.41 Å². The summed E-state index contributed by atoms with van der Waals surface area (Å²) in [5.41, 5.74) is 6.19. The van der Waals surface area contributed by atoms with Crippen LogP contribution in [0.2, 0.25) is 0 Å². The van der Waals surface area contributed by atoms with Gasteiger partial charge in [-0.2, -0.15) is 0 Å². The molecule has 1 aromatic rings. The second kappa shape index (κ2) is 5.18. The van der Waals surface area contributed by atoms with Crippen molar-refractivity contribution in [3.63, 3.8) is 0 Å². The van der Waals surface area contributed by atoms with Crippen LogP contribution >= 0.6 is 12.4 Å². The largest absolute Gasteiger partial charge is 0.382 e. The Morgan fingerprint density at radius 3 is 2.57 bits per heavy atom. The van der Waals surface area contributed by atoms with E-state index < -0.39 is 0 Å². The summed E-state index contributed by atoms with van der Waals surface area (Å²) in [4.78, 5) is 14.5. The highest BCUT2D eigenvalue weighted by molar-refractivity contribution is 5.93. The maximum atomic E-state index is 10.6. The van der Waals surface area contributed by atoms with E-state index in [1.807, 2.05) is 0 Å². The van der Waals surface area contributed by atoms with E-state index in [0.717, 1.165) is 0 Å². The van der Waals surface area contributed by atoms with Crippen LogP contribution in [0.1, 0.15) is 12.6 Å². The molecule has 4 N–H and O–H groups in total. The maximum Gasteiger partial charge on any atom is 0.221 e. The van der Waals surface area contributed by atoms with Gasteiger partial charge in [0, 0.05) is 6.92 Å². The number of nitrogen functional groups attached to an aromatic ring is 1. The van der Waals surface area contributed by atoms with Crippen LogP contribution in [0.4, 0.5) is 5.69 Å². The first-order valence-electron chi connectivity index (χ1n) is 3.67. The highest BCUT2D eigenvalue weighted by Gasteiger charge is 1.98. The number of nitrogens with two attached hydrogens (primary N) is 1. The van der Waals surface area contributed by atoms with Gasteiger partial charge in [-0.05, 0) is 12.1 Å². The molecule has 0 aromatic carbocycles. The topological polar surface area (TPSA) is 91.9 Å². The number of halogens is 1. The van der Waals surface area contributed by atoms with Crippen molar-refractivity contribution in [1.82, 2.24) is 4.98 Å². The Hall–Kier alpha value is -1.62. The van der Waals surface area contributed by atoms with Crippen LogP contribution in [0.3, 0.4) is 0 Å². The molecule has 1 amide bonds. The molecule has 14 heavy (non-hydrogen) atoms. The highest BCUT2D eigenvalue weighted by atomic mass is 35.5. The first kappa shape index (κ1) is 12.4. The third kappa shape index (κ3) is 3.40. The molecule has 0 bridgehead atoms. The van der Waals surface area contributed by atoms with Crippen LogP contribution in [0.15, 0.2) is 18.3 Å². The van der Waals surface area contributed by atoms with Gasteiger partial charge in [0.05, 0.1) is 11.9 Å². The van der Waals surface area contributed by atoms with Crippen molar-refractivity contribution >= 4 is 29.8 Å². The lowest BCUT2D eigenvalue weighted by Crippen LogP contribution is -2.13. The normalized spacial score (nSPS) is 8.64. The van der Waals surface area contributed by atoms with Gasteiger partial charge in [0.1, 0.15) is 11.5 Å². The third-order valence-electron chi connectivity index (χ3n) is 1.36. The summed E-state index contributed by atoms with van der Waals surface area (Å²) in [6.07, 6.45) is 1.46. The summed E-state index contributed by atoms with van der Waals surface area (Å²) < 4.78 is 0. The lowest BCUT2D eigenvalue weighted by molar-refractivity contribution is -0.114. The fourth-order valence-electron chi connectivity index (χ4n) is 0.830.